The molecule has 20 heavy (non-hydrogen) atoms. The van der Waals surface area contributed by atoms with E-state index in [0.717, 1.165) is 29.7 Å². The molecule has 0 amide bonds. The first-order valence-corrected chi connectivity index (χ1v) is 7.64. The summed E-state index contributed by atoms with van der Waals surface area (Å²) in [6, 6.07) is 7.25. The molecule has 4 rings (SSSR count). The fourth-order valence-electron chi connectivity index (χ4n) is 2.68. The number of benzene rings is 1. The maximum absolute atomic E-state index is 12.3. The topological polar surface area (TPSA) is 43.1 Å². The van der Waals surface area contributed by atoms with Gasteiger partial charge in [0.05, 0.1) is 10.6 Å². The van der Waals surface area contributed by atoms with Gasteiger partial charge in [-0.1, -0.05) is 23.7 Å². The molecule has 1 aliphatic carbocycles. The minimum atomic E-state index is -0.302. The molecule has 5 heteroatoms. The van der Waals surface area contributed by atoms with Gasteiger partial charge in [0.2, 0.25) is 5.89 Å². The molecule has 2 aromatic heterocycles. The van der Waals surface area contributed by atoms with Gasteiger partial charge in [-0.25, -0.2) is 9.78 Å². The van der Waals surface area contributed by atoms with Crippen LogP contribution >= 0.6 is 22.9 Å². The van der Waals surface area contributed by atoms with E-state index in [1.165, 1.54) is 4.88 Å². The van der Waals surface area contributed by atoms with Crippen LogP contribution < -0.4 is 5.63 Å². The van der Waals surface area contributed by atoms with Crippen LogP contribution in [0.3, 0.4) is 0 Å². The van der Waals surface area contributed by atoms with Crippen LogP contribution in [-0.2, 0) is 12.8 Å². The van der Waals surface area contributed by atoms with Gasteiger partial charge in [-0.05, 0) is 37.0 Å². The van der Waals surface area contributed by atoms with E-state index < -0.39 is 0 Å². The summed E-state index contributed by atoms with van der Waals surface area (Å²) in [4.78, 5) is 18.8. The number of halogens is 1. The smallest absolute Gasteiger partial charge is 0.348 e. The molecule has 0 saturated carbocycles. The first-order valence-electron chi connectivity index (χ1n) is 6.44. The second-order valence-corrected chi connectivity index (χ2v) is 6.31. The highest BCUT2D eigenvalue weighted by molar-refractivity contribution is 7.18. The quantitative estimate of drug-likeness (QED) is 0.681. The Balaban J connectivity index is 2.00. The fraction of sp³-hybridized carbons (Fsp3) is 0.200. The van der Waals surface area contributed by atoms with Crippen molar-refractivity contribution in [2.75, 3.05) is 0 Å². The zero-order valence-electron chi connectivity index (χ0n) is 10.5. The van der Waals surface area contributed by atoms with Crippen LogP contribution in [-0.4, -0.2) is 4.98 Å². The minimum absolute atomic E-state index is 0.299. The van der Waals surface area contributed by atoms with Gasteiger partial charge in [-0.15, -0.1) is 11.3 Å². The maximum Gasteiger partial charge on any atom is 0.348 e. The van der Waals surface area contributed by atoms with Crippen molar-refractivity contribution in [1.29, 1.82) is 0 Å². The molecular weight excluding hydrogens is 294 g/mol. The maximum atomic E-state index is 12.3. The van der Waals surface area contributed by atoms with Crippen LogP contribution in [0, 0.1) is 0 Å². The first kappa shape index (κ1) is 12.1. The standard InChI is InChI=1S/C15H10ClNO2S/c16-10-6-2-1-4-8(10)13-17-14-12(15(18)19-13)9-5-3-7-11(9)20-14/h1-2,4,6H,3,5,7H2. The molecule has 1 aliphatic rings. The fourth-order valence-corrected chi connectivity index (χ4v) is 4.14. The summed E-state index contributed by atoms with van der Waals surface area (Å²) in [5, 5.41) is 1.20. The molecule has 0 saturated heterocycles. The summed E-state index contributed by atoms with van der Waals surface area (Å²) in [7, 11) is 0. The Kier molecular flexibility index (Phi) is 2.69. The Morgan fingerprint density at radius 2 is 2.10 bits per heavy atom. The van der Waals surface area contributed by atoms with Gasteiger partial charge < -0.3 is 4.42 Å². The Morgan fingerprint density at radius 3 is 2.95 bits per heavy atom. The lowest BCUT2D eigenvalue weighted by Gasteiger charge is -2.01. The van der Waals surface area contributed by atoms with Crippen LogP contribution in [0.4, 0.5) is 0 Å². The van der Waals surface area contributed by atoms with E-state index in [1.54, 1.807) is 23.5 Å². The second kappa shape index (κ2) is 4.43. The number of aryl methyl sites for hydroxylation is 2. The summed E-state index contributed by atoms with van der Waals surface area (Å²) in [5.74, 6) is 0.299. The van der Waals surface area contributed by atoms with Crippen molar-refractivity contribution in [2.45, 2.75) is 19.3 Å². The molecule has 3 aromatic rings. The van der Waals surface area contributed by atoms with E-state index >= 15 is 0 Å². The zero-order chi connectivity index (χ0) is 13.7. The Labute approximate surface area is 123 Å². The summed E-state index contributed by atoms with van der Waals surface area (Å²) >= 11 is 7.74. The predicted molar refractivity (Wildman–Crippen MR) is 80.6 cm³/mol. The molecule has 100 valence electrons. The predicted octanol–water partition coefficient (Wildman–Crippen LogP) is 4.06. The minimum Gasteiger partial charge on any atom is -0.403 e. The number of fused-ring (bicyclic) bond motifs is 3. The highest BCUT2D eigenvalue weighted by Gasteiger charge is 2.22. The van der Waals surface area contributed by atoms with Crippen molar-refractivity contribution in [2.24, 2.45) is 0 Å². The summed E-state index contributed by atoms with van der Waals surface area (Å²) < 4.78 is 5.40. The van der Waals surface area contributed by atoms with E-state index in [0.29, 0.717) is 21.9 Å². The zero-order valence-corrected chi connectivity index (χ0v) is 12.1. The number of thiophene rings is 1. The molecule has 0 spiro atoms. The highest BCUT2D eigenvalue weighted by atomic mass is 35.5. The molecule has 0 N–H and O–H groups in total. The van der Waals surface area contributed by atoms with Gasteiger partial charge in [-0.2, -0.15) is 0 Å². The Bertz CT molecular complexity index is 881. The molecule has 0 radical (unpaired) electrons. The van der Waals surface area contributed by atoms with Crippen LogP contribution in [0.15, 0.2) is 33.5 Å². The van der Waals surface area contributed by atoms with Crippen molar-refractivity contribution in [3.05, 3.63) is 50.1 Å². The molecule has 0 bridgehead atoms. The van der Waals surface area contributed by atoms with Gasteiger partial charge in [0.1, 0.15) is 10.2 Å². The van der Waals surface area contributed by atoms with E-state index in [2.05, 4.69) is 4.98 Å². The molecule has 0 atom stereocenters. The second-order valence-electron chi connectivity index (χ2n) is 4.82. The van der Waals surface area contributed by atoms with Crippen LogP contribution in [0.2, 0.25) is 5.02 Å². The normalized spacial score (nSPS) is 13.8. The van der Waals surface area contributed by atoms with Crippen LogP contribution in [0.25, 0.3) is 21.7 Å². The largest absolute Gasteiger partial charge is 0.403 e. The monoisotopic (exact) mass is 303 g/mol. The Hall–Kier alpha value is -1.65. The first-order chi connectivity index (χ1) is 9.74. The van der Waals surface area contributed by atoms with Crippen molar-refractivity contribution in [3.8, 4) is 11.5 Å². The molecule has 0 fully saturated rings. The van der Waals surface area contributed by atoms with Gasteiger partial charge in [-0.3, -0.25) is 0 Å². The van der Waals surface area contributed by atoms with Crippen LogP contribution in [0.5, 0.6) is 0 Å². The molecular formula is C15H10ClNO2S. The third-order valence-electron chi connectivity index (χ3n) is 3.60. The van der Waals surface area contributed by atoms with Crippen molar-refractivity contribution < 1.29 is 4.42 Å². The molecule has 1 aromatic carbocycles. The van der Waals surface area contributed by atoms with Gasteiger partial charge in [0.15, 0.2) is 0 Å². The molecule has 0 unspecified atom stereocenters. The van der Waals surface area contributed by atoms with E-state index in [9.17, 15) is 4.79 Å². The number of nitrogens with zero attached hydrogens (tertiary/aromatic N) is 1. The van der Waals surface area contributed by atoms with E-state index in [-0.39, 0.29) is 5.63 Å². The van der Waals surface area contributed by atoms with Gasteiger partial charge in [0.25, 0.3) is 0 Å². The summed E-state index contributed by atoms with van der Waals surface area (Å²) in [6.07, 6.45) is 3.10. The van der Waals surface area contributed by atoms with E-state index in [1.807, 2.05) is 12.1 Å². The van der Waals surface area contributed by atoms with E-state index in [4.69, 9.17) is 16.0 Å². The molecule has 0 aliphatic heterocycles. The lowest BCUT2D eigenvalue weighted by Crippen LogP contribution is -2.03. The SMILES string of the molecule is O=c1oc(-c2ccccc2Cl)nc2sc3c(c12)CCC3. The molecule has 3 nitrogen and oxygen atoms in total. The lowest BCUT2D eigenvalue weighted by molar-refractivity contribution is 0.518. The third kappa shape index (κ3) is 1.72. The van der Waals surface area contributed by atoms with Crippen molar-refractivity contribution in [1.82, 2.24) is 4.98 Å². The van der Waals surface area contributed by atoms with Crippen LogP contribution in [0.1, 0.15) is 16.9 Å². The third-order valence-corrected chi connectivity index (χ3v) is 5.12. The van der Waals surface area contributed by atoms with Gasteiger partial charge in [0, 0.05) is 4.88 Å². The lowest BCUT2D eigenvalue weighted by atomic mass is 10.2. The molecule has 2 heterocycles. The van der Waals surface area contributed by atoms with Crippen molar-refractivity contribution >= 4 is 33.2 Å². The number of hydrogen-bond acceptors (Lipinski definition) is 4. The van der Waals surface area contributed by atoms with Gasteiger partial charge >= 0.3 is 5.63 Å². The average molecular weight is 304 g/mol. The Morgan fingerprint density at radius 1 is 1.25 bits per heavy atom. The number of aromatic nitrogens is 1. The van der Waals surface area contributed by atoms with Crippen molar-refractivity contribution in [3.63, 3.8) is 0 Å². The average Bonchev–Trinajstić information content (AvgIpc) is 2.98. The summed E-state index contributed by atoms with van der Waals surface area (Å²) in [6.45, 7) is 0. The summed E-state index contributed by atoms with van der Waals surface area (Å²) in [5.41, 5.74) is 1.49. The number of rotatable bonds is 1. The highest BCUT2D eigenvalue weighted by Crippen LogP contribution is 2.36. The number of hydrogen-bond donors (Lipinski definition) is 0.